The first kappa shape index (κ1) is 20.8. The number of hydrogen-bond acceptors (Lipinski definition) is 3. The van der Waals surface area contributed by atoms with Gasteiger partial charge >= 0.3 is 0 Å². The number of benzene rings is 2. The van der Waals surface area contributed by atoms with E-state index >= 15 is 0 Å². The van der Waals surface area contributed by atoms with Crippen molar-refractivity contribution in [3.63, 3.8) is 0 Å². The molecule has 1 N–H and O–H groups in total. The highest BCUT2D eigenvalue weighted by atomic mass is 35.5. The van der Waals surface area contributed by atoms with E-state index in [2.05, 4.69) is 5.32 Å². The molecule has 0 saturated carbocycles. The van der Waals surface area contributed by atoms with Crippen molar-refractivity contribution in [2.24, 2.45) is 5.92 Å². The Labute approximate surface area is 171 Å². The van der Waals surface area contributed by atoms with Gasteiger partial charge in [-0.1, -0.05) is 48.9 Å². The van der Waals surface area contributed by atoms with E-state index in [9.17, 15) is 13.2 Å². The summed E-state index contributed by atoms with van der Waals surface area (Å²) in [6, 6.07) is 14.5. The van der Waals surface area contributed by atoms with Crippen LogP contribution in [0.5, 0.6) is 0 Å². The monoisotopic (exact) mass is 420 g/mol. The van der Waals surface area contributed by atoms with Crippen LogP contribution in [-0.2, 0) is 27.0 Å². The smallest absolute Gasteiger partial charge is 0.228 e. The van der Waals surface area contributed by atoms with Crippen LogP contribution < -0.4 is 5.32 Å². The number of carbonyl (C=O) groups is 1. The van der Waals surface area contributed by atoms with Crippen molar-refractivity contribution in [1.82, 2.24) is 4.31 Å². The zero-order valence-electron chi connectivity index (χ0n) is 15.9. The van der Waals surface area contributed by atoms with E-state index in [1.165, 1.54) is 4.31 Å². The summed E-state index contributed by atoms with van der Waals surface area (Å²) >= 11 is 5.87. The van der Waals surface area contributed by atoms with E-state index in [0.717, 1.165) is 17.7 Å². The molecule has 0 radical (unpaired) electrons. The first-order valence-corrected chi connectivity index (χ1v) is 11.5. The third kappa shape index (κ3) is 5.13. The average molecular weight is 421 g/mol. The van der Waals surface area contributed by atoms with Gasteiger partial charge in [-0.05, 0) is 48.6 Å². The highest BCUT2D eigenvalue weighted by molar-refractivity contribution is 7.88. The maximum Gasteiger partial charge on any atom is 0.228 e. The Morgan fingerprint density at radius 3 is 2.61 bits per heavy atom. The minimum Gasteiger partial charge on any atom is -0.326 e. The van der Waals surface area contributed by atoms with E-state index in [1.807, 2.05) is 31.2 Å². The highest BCUT2D eigenvalue weighted by Crippen LogP contribution is 2.24. The molecule has 0 aliphatic carbocycles. The molecule has 3 rings (SSSR count). The Hall–Kier alpha value is -1.89. The van der Waals surface area contributed by atoms with Gasteiger partial charge in [-0.25, -0.2) is 12.7 Å². The molecule has 5 nitrogen and oxygen atoms in total. The van der Waals surface area contributed by atoms with E-state index in [0.29, 0.717) is 30.0 Å². The molecule has 0 bridgehead atoms. The van der Waals surface area contributed by atoms with Crippen molar-refractivity contribution in [1.29, 1.82) is 0 Å². The van der Waals surface area contributed by atoms with E-state index < -0.39 is 10.0 Å². The number of sulfonamides is 1. The van der Waals surface area contributed by atoms with Crippen molar-refractivity contribution in [3.8, 4) is 0 Å². The summed E-state index contributed by atoms with van der Waals surface area (Å²) in [7, 11) is -3.49. The van der Waals surface area contributed by atoms with Crippen LogP contribution in [0.25, 0.3) is 0 Å². The summed E-state index contributed by atoms with van der Waals surface area (Å²) < 4.78 is 27.1. The summed E-state index contributed by atoms with van der Waals surface area (Å²) in [5.74, 6) is -0.553. The summed E-state index contributed by atoms with van der Waals surface area (Å²) in [6.07, 6.45) is 2.18. The van der Waals surface area contributed by atoms with Crippen LogP contribution >= 0.6 is 11.6 Å². The quantitative estimate of drug-likeness (QED) is 0.765. The minimum atomic E-state index is -3.49. The number of para-hydroxylation sites is 1. The third-order valence-corrected chi connectivity index (χ3v) is 7.14. The number of piperidine rings is 1. The fourth-order valence-electron chi connectivity index (χ4n) is 3.48. The molecule has 1 aliphatic heterocycles. The molecular formula is C21H25ClN2O3S. The van der Waals surface area contributed by atoms with Crippen LogP contribution in [0, 0.1) is 5.92 Å². The molecule has 28 heavy (non-hydrogen) atoms. The Bertz CT molecular complexity index is 929. The molecule has 0 aromatic heterocycles. The molecule has 1 heterocycles. The number of rotatable bonds is 6. The van der Waals surface area contributed by atoms with Crippen LogP contribution in [0.1, 0.15) is 30.9 Å². The Morgan fingerprint density at radius 2 is 1.89 bits per heavy atom. The minimum absolute atomic E-state index is 0.0861. The SMILES string of the molecule is CCc1ccccc1NC(=O)C1CCCN(S(=O)(=O)Cc2ccc(Cl)cc2)C1. The van der Waals surface area contributed by atoms with Gasteiger partial charge in [-0.3, -0.25) is 4.79 Å². The zero-order valence-corrected chi connectivity index (χ0v) is 17.5. The fraction of sp³-hybridized carbons (Fsp3) is 0.381. The normalized spacial score (nSPS) is 18.0. The van der Waals surface area contributed by atoms with E-state index in [1.54, 1.807) is 24.3 Å². The lowest BCUT2D eigenvalue weighted by molar-refractivity contribution is -0.120. The topological polar surface area (TPSA) is 66.5 Å². The van der Waals surface area contributed by atoms with Gasteiger partial charge in [0, 0.05) is 23.8 Å². The summed E-state index contributed by atoms with van der Waals surface area (Å²) in [5, 5.41) is 3.56. The number of halogens is 1. The van der Waals surface area contributed by atoms with Crippen LogP contribution in [0.15, 0.2) is 48.5 Å². The van der Waals surface area contributed by atoms with Gasteiger partial charge in [-0.15, -0.1) is 0 Å². The lowest BCUT2D eigenvalue weighted by atomic mass is 9.98. The predicted molar refractivity (Wildman–Crippen MR) is 113 cm³/mol. The Kier molecular flexibility index (Phi) is 6.75. The second-order valence-electron chi connectivity index (χ2n) is 7.08. The molecular weight excluding hydrogens is 396 g/mol. The summed E-state index contributed by atoms with van der Waals surface area (Å²) in [4.78, 5) is 12.8. The van der Waals surface area contributed by atoms with Gasteiger partial charge in [0.1, 0.15) is 0 Å². The van der Waals surface area contributed by atoms with Crippen molar-refractivity contribution in [2.75, 3.05) is 18.4 Å². The number of nitrogens with one attached hydrogen (secondary N) is 1. The molecule has 1 aliphatic rings. The van der Waals surface area contributed by atoms with E-state index in [4.69, 9.17) is 11.6 Å². The fourth-order valence-corrected chi connectivity index (χ4v) is 5.21. The summed E-state index contributed by atoms with van der Waals surface area (Å²) in [6.45, 7) is 2.71. The molecule has 1 amide bonds. The van der Waals surface area contributed by atoms with Crippen LogP contribution in [0.4, 0.5) is 5.69 Å². The van der Waals surface area contributed by atoms with Gasteiger partial charge in [0.2, 0.25) is 15.9 Å². The molecule has 1 fully saturated rings. The van der Waals surface area contributed by atoms with Crippen LogP contribution in [0.3, 0.4) is 0 Å². The van der Waals surface area contributed by atoms with Crippen molar-refractivity contribution in [3.05, 3.63) is 64.7 Å². The molecule has 1 saturated heterocycles. The molecule has 1 unspecified atom stereocenters. The summed E-state index contributed by atoms with van der Waals surface area (Å²) in [5.41, 5.74) is 2.56. The van der Waals surface area contributed by atoms with Gasteiger partial charge < -0.3 is 5.32 Å². The van der Waals surface area contributed by atoms with Crippen molar-refractivity contribution in [2.45, 2.75) is 31.9 Å². The number of amides is 1. The highest BCUT2D eigenvalue weighted by Gasteiger charge is 2.32. The first-order chi connectivity index (χ1) is 13.4. The number of nitrogens with zero attached hydrogens (tertiary/aromatic N) is 1. The third-order valence-electron chi connectivity index (χ3n) is 5.07. The van der Waals surface area contributed by atoms with Crippen molar-refractivity contribution >= 4 is 33.2 Å². The number of hydrogen-bond donors (Lipinski definition) is 1. The van der Waals surface area contributed by atoms with Gasteiger partial charge in [0.05, 0.1) is 11.7 Å². The lowest BCUT2D eigenvalue weighted by Gasteiger charge is -2.31. The van der Waals surface area contributed by atoms with Crippen LogP contribution in [0.2, 0.25) is 5.02 Å². The Morgan fingerprint density at radius 1 is 1.18 bits per heavy atom. The predicted octanol–water partition coefficient (Wildman–Crippen LogP) is 4.08. The largest absolute Gasteiger partial charge is 0.326 e. The second-order valence-corrected chi connectivity index (χ2v) is 9.49. The number of aryl methyl sites for hydroxylation is 1. The van der Waals surface area contributed by atoms with Crippen molar-refractivity contribution < 1.29 is 13.2 Å². The molecule has 2 aromatic carbocycles. The van der Waals surface area contributed by atoms with Gasteiger partial charge in [0.25, 0.3) is 0 Å². The standard InChI is InChI=1S/C21H25ClN2O3S/c1-2-17-6-3-4-8-20(17)23-21(25)18-7-5-13-24(14-18)28(26,27)15-16-9-11-19(22)12-10-16/h3-4,6,8-12,18H,2,5,7,13-15H2,1H3,(H,23,25). The maximum atomic E-state index is 12.8. The molecule has 150 valence electrons. The first-order valence-electron chi connectivity index (χ1n) is 9.50. The van der Waals surface area contributed by atoms with Gasteiger partial charge in [-0.2, -0.15) is 0 Å². The molecule has 2 aromatic rings. The van der Waals surface area contributed by atoms with E-state index in [-0.39, 0.29) is 24.1 Å². The maximum absolute atomic E-state index is 12.8. The molecule has 0 spiro atoms. The Balaban J connectivity index is 1.67. The molecule has 7 heteroatoms. The average Bonchev–Trinajstić information content (AvgIpc) is 2.70. The van der Waals surface area contributed by atoms with Gasteiger partial charge in [0.15, 0.2) is 0 Å². The zero-order chi connectivity index (χ0) is 20.1. The number of anilines is 1. The lowest BCUT2D eigenvalue weighted by Crippen LogP contribution is -2.44. The second kappa shape index (κ2) is 9.07. The number of carbonyl (C=O) groups excluding carboxylic acids is 1. The molecule has 1 atom stereocenters. The van der Waals surface area contributed by atoms with Crippen LogP contribution in [-0.4, -0.2) is 31.7 Å².